The second kappa shape index (κ2) is 6.52. The number of esters is 1. The van der Waals surface area contributed by atoms with Crippen molar-refractivity contribution in [1.29, 1.82) is 0 Å². The van der Waals surface area contributed by atoms with Crippen molar-refractivity contribution in [2.45, 2.75) is 53.5 Å². The molecule has 0 aliphatic carbocycles. The molecule has 1 heterocycles. The Balaban J connectivity index is 3.10. The van der Waals surface area contributed by atoms with Gasteiger partial charge in [0.15, 0.2) is 5.69 Å². The minimum absolute atomic E-state index is 0.245. The molecule has 0 aromatic carbocycles. The predicted molar refractivity (Wildman–Crippen MR) is 69.5 cm³/mol. The van der Waals surface area contributed by atoms with Gasteiger partial charge in [0, 0.05) is 0 Å². The van der Waals surface area contributed by atoms with Crippen LogP contribution in [0.2, 0.25) is 0 Å². The Labute approximate surface area is 109 Å². The summed E-state index contributed by atoms with van der Waals surface area (Å²) < 4.78 is 6.88. The summed E-state index contributed by atoms with van der Waals surface area (Å²) in [5.74, 6) is 0.0715. The molecule has 0 N–H and O–H groups in total. The molecule has 0 amide bonds. The average molecular weight is 253 g/mol. The molecule has 1 atom stereocenters. The van der Waals surface area contributed by atoms with Crippen molar-refractivity contribution in [3.63, 3.8) is 0 Å². The van der Waals surface area contributed by atoms with Crippen LogP contribution in [-0.2, 0) is 11.2 Å². The first kappa shape index (κ1) is 14.7. The third-order valence-electron chi connectivity index (χ3n) is 2.87. The van der Waals surface area contributed by atoms with E-state index < -0.39 is 0 Å². The van der Waals surface area contributed by atoms with Crippen molar-refractivity contribution in [3.05, 3.63) is 11.4 Å². The largest absolute Gasteiger partial charge is 0.461 e. The van der Waals surface area contributed by atoms with Gasteiger partial charge >= 0.3 is 5.97 Å². The molecule has 1 unspecified atom stereocenters. The predicted octanol–water partition coefficient (Wildman–Crippen LogP) is 2.62. The lowest BCUT2D eigenvalue weighted by atomic mass is 10.1. The molecule has 0 spiro atoms. The van der Waals surface area contributed by atoms with Gasteiger partial charge in [-0.25, -0.2) is 9.48 Å². The van der Waals surface area contributed by atoms with Crippen molar-refractivity contribution in [2.75, 3.05) is 6.61 Å². The van der Waals surface area contributed by atoms with Crippen LogP contribution in [0.4, 0.5) is 0 Å². The SMILES string of the molecule is CCOC(=O)c1nnn(C(C)CC)c1CC(C)C. The number of rotatable bonds is 6. The minimum atomic E-state index is -0.372. The van der Waals surface area contributed by atoms with Gasteiger partial charge in [-0.2, -0.15) is 0 Å². The number of carbonyl (C=O) groups is 1. The molecule has 0 aliphatic heterocycles. The average Bonchev–Trinajstić information content (AvgIpc) is 2.71. The lowest BCUT2D eigenvalue weighted by molar-refractivity contribution is 0.0517. The summed E-state index contributed by atoms with van der Waals surface area (Å²) in [6, 6.07) is 0.245. The van der Waals surface area contributed by atoms with Gasteiger partial charge < -0.3 is 4.74 Å². The van der Waals surface area contributed by atoms with E-state index in [-0.39, 0.29) is 12.0 Å². The molecule has 0 saturated carbocycles. The molecular formula is C13H23N3O2. The zero-order chi connectivity index (χ0) is 13.7. The molecule has 18 heavy (non-hydrogen) atoms. The van der Waals surface area contributed by atoms with Crippen LogP contribution >= 0.6 is 0 Å². The zero-order valence-corrected chi connectivity index (χ0v) is 11.9. The molecule has 5 nitrogen and oxygen atoms in total. The van der Waals surface area contributed by atoms with Gasteiger partial charge in [-0.05, 0) is 32.6 Å². The summed E-state index contributed by atoms with van der Waals surface area (Å²) in [6.07, 6.45) is 1.74. The minimum Gasteiger partial charge on any atom is -0.461 e. The topological polar surface area (TPSA) is 57.0 Å². The summed E-state index contributed by atoms with van der Waals surface area (Å²) in [7, 11) is 0. The van der Waals surface area contributed by atoms with Crippen LogP contribution in [0.25, 0.3) is 0 Å². The highest BCUT2D eigenvalue weighted by atomic mass is 16.5. The van der Waals surface area contributed by atoms with E-state index in [4.69, 9.17) is 4.74 Å². The summed E-state index contributed by atoms with van der Waals surface area (Å²) in [4.78, 5) is 11.8. The molecule has 0 aliphatic rings. The second-order valence-electron chi connectivity index (χ2n) is 4.91. The zero-order valence-electron chi connectivity index (χ0n) is 11.9. The highest BCUT2D eigenvalue weighted by Gasteiger charge is 2.23. The van der Waals surface area contributed by atoms with E-state index in [1.54, 1.807) is 6.92 Å². The van der Waals surface area contributed by atoms with E-state index in [2.05, 4.69) is 38.0 Å². The van der Waals surface area contributed by atoms with Gasteiger partial charge in [0.1, 0.15) is 0 Å². The van der Waals surface area contributed by atoms with Crippen molar-refractivity contribution < 1.29 is 9.53 Å². The van der Waals surface area contributed by atoms with Gasteiger partial charge in [-0.1, -0.05) is 26.0 Å². The fourth-order valence-corrected chi connectivity index (χ4v) is 1.78. The Morgan fingerprint density at radius 2 is 2.00 bits per heavy atom. The first-order valence-electron chi connectivity index (χ1n) is 6.62. The maximum absolute atomic E-state index is 11.8. The van der Waals surface area contributed by atoms with Crippen LogP contribution < -0.4 is 0 Å². The van der Waals surface area contributed by atoms with E-state index in [0.717, 1.165) is 18.5 Å². The third kappa shape index (κ3) is 3.31. The molecule has 0 bridgehead atoms. The maximum Gasteiger partial charge on any atom is 0.360 e. The number of hydrogen-bond acceptors (Lipinski definition) is 4. The quantitative estimate of drug-likeness (QED) is 0.731. The Morgan fingerprint density at radius 3 is 2.50 bits per heavy atom. The Morgan fingerprint density at radius 1 is 1.33 bits per heavy atom. The highest BCUT2D eigenvalue weighted by molar-refractivity contribution is 5.88. The number of carbonyl (C=O) groups excluding carboxylic acids is 1. The van der Waals surface area contributed by atoms with Crippen molar-refractivity contribution in [2.24, 2.45) is 5.92 Å². The molecule has 1 aromatic heterocycles. The summed E-state index contributed by atoms with van der Waals surface area (Å²) in [5, 5.41) is 8.10. The first-order valence-corrected chi connectivity index (χ1v) is 6.62. The van der Waals surface area contributed by atoms with Crippen molar-refractivity contribution >= 4 is 5.97 Å². The van der Waals surface area contributed by atoms with Crippen LogP contribution in [0, 0.1) is 5.92 Å². The van der Waals surface area contributed by atoms with Crippen LogP contribution in [0.1, 0.15) is 63.3 Å². The number of ether oxygens (including phenoxy) is 1. The molecular weight excluding hydrogens is 230 g/mol. The van der Waals surface area contributed by atoms with Crippen LogP contribution in [0.15, 0.2) is 0 Å². The van der Waals surface area contributed by atoms with E-state index in [1.165, 1.54) is 0 Å². The lowest BCUT2D eigenvalue weighted by Crippen LogP contribution is -2.15. The Bertz CT molecular complexity index is 399. The number of nitrogens with zero attached hydrogens (tertiary/aromatic N) is 3. The number of aromatic nitrogens is 3. The fourth-order valence-electron chi connectivity index (χ4n) is 1.78. The van der Waals surface area contributed by atoms with Gasteiger partial charge in [0.2, 0.25) is 0 Å². The van der Waals surface area contributed by atoms with Gasteiger partial charge in [-0.3, -0.25) is 0 Å². The highest BCUT2D eigenvalue weighted by Crippen LogP contribution is 2.18. The van der Waals surface area contributed by atoms with Crippen LogP contribution in [0.5, 0.6) is 0 Å². The molecule has 1 rings (SSSR count). The smallest absolute Gasteiger partial charge is 0.360 e. The van der Waals surface area contributed by atoms with Crippen LogP contribution in [-0.4, -0.2) is 27.6 Å². The molecule has 1 aromatic rings. The standard InChI is InChI=1S/C13H23N3O2/c1-6-10(5)16-11(8-9(3)4)12(14-15-16)13(17)18-7-2/h9-10H,6-8H2,1-5H3. The van der Waals surface area contributed by atoms with Crippen molar-refractivity contribution in [1.82, 2.24) is 15.0 Å². The van der Waals surface area contributed by atoms with E-state index >= 15 is 0 Å². The fraction of sp³-hybridized carbons (Fsp3) is 0.769. The molecule has 5 heteroatoms. The van der Waals surface area contributed by atoms with E-state index in [1.807, 2.05) is 4.68 Å². The monoisotopic (exact) mass is 253 g/mol. The van der Waals surface area contributed by atoms with Crippen LogP contribution in [0.3, 0.4) is 0 Å². The van der Waals surface area contributed by atoms with Crippen molar-refractivity contribution in [3.8, 4) is 0 Å². The molecule has 102 valence electrons. The molecule has 0 saturated heterocycles. The summed E-state index contributed by atoms with van der Waals surface area (Å²) >= 11 is 0. The first-order chi connectivity index (χ1) is 8.51. The Kier molecular flexibility index (Phi) is 5.31. The second-order valence-corrected chi connectivity index (χ2v) is 4.91. The van der Waals surface area contributed by atoms with E-state index in [0.29, 0.717) is 18.2 Å². The maximum atomic E-state index is 11.8. The number of hydrogen-bond donors (Lipinski definition) is 0. The summed E-state index contributed by atoms with van der Waals surface area (Å²) in [6.45, 7) is 10.5. The third-order valence-corrected chi connectivity index (χ3v) is 2.87. The van der Waals surface area contributed by atoms with E-state index in [9.17, 15) is 4.79 Å². The van der Waals surface area contributed by atoms with Gasteiger partial charge in [0.25, 0.3) is 0 Å². The molecule has 0 fully saturated rings. The Hall–Kier alpha value is -1.39. The normalized spacial score (nSPS) is 12.8. The molecule has 0 radical (unpaired) electrons. The van der Waals surface area contributed by atoms with Gasteiger partial charge in [-0.15, -0.1) is 5.10 Å². The summed E-state index contributed by atoms with van der Waals surface area (Å²) in [5.41, 5.74) is 1.25. The van der Waals surface area contributed by atoms with Gasteiger partial charge in [0.05, 0.1) is 18.3 Å². The lowest BCUT2D eigenvalue weighted by Gasteiger charge is -2.14.